The lowest BCUT2D eigenvalue weighted by Crippen LogP contribution is -2.29. The highest BCUT2D eigenvalue weighted by atomic mass is 79.9. The van der Waals surface area contributed by atoms with Crippen LogP contribution in [0, 0.1) is 6.92 Å². The van der Waals surface area contributed by atoms with Crippen LogP contribution in [0.2, 0.25) is 0 Å². The Morgan fingerprint density at radius 1 is 1.03 bits per heavy atom. The molecule has 170 valence electrons. The first-order valence-electron chi connectivity index (χ1n) is 10.8. The number of aromatic nitrogens is 1. The molecule has 2 aromatic carbocycles. The summed E-state index contributed by atoms with van der Waals surface area (Å²) in [6.45, 7) is 2.28. The zero-order valence-electron chi connectivity index (χ0n) is 18.2. The summed E-state index contributed by atoms with van der Waals surface area (Å²) in [6.07, 6.45) is 1.79. The van der Waals surface area contributed by atoms with Crippen LogP contribution in [-0.2, 0) is 0 Å². The van der Waals surface area contributed by atoms with Gasteiger partial charge in [0, 0.05) is 28.0 Å². The molecule has 2 aromatic heterocycles. The van der Waals surface area contributed by atoms with Gasteiger partial charge in [0.05, 0.1) is 11.7 Å². The summed E-state index contributed by atoms with van der Waals surface area (Å²) in [5.74, 6) is 2.99. The van der Waals surface area contributed by atoms with Crippen molar-refractivity contribution in [1.82, 2.24) is 10.3 Å². The lowest BCUT2D eigenvalue weighted by molar-refractivity contribution is 0.174. The Hall–Kier alpha value is -3.36. The van der Waals surface area contributed by atoms with Crippen molar-refractivity contribution in [2.45, 2.75) is 19.0 Å². The number of nitrogens with zero attached hydrogens (tertiary/aromatic N) is 2. The number of nitrogens with one attached hydrogen (secondary N) is 1. The minimum absolute atomic E-state index is 0.195. The summed E-state index contributed by atoms with van der Waals surface area (Å²) >= 11 is 9.48. The van der Waals surface area contributed by atoms with Gasteiger partial charge >= 0.3 is 0 Å². The molecule has 6 nitrogen and oxygen atoms in total. The van der Waals surface area contributed by atoms with Gasteiger partial charge in [-0.15, -0.1) is 0 Å². The van der Waals surface area contributed by atoms with Gasteiger partial charge in [-0.05, 0) is 73.2 Å². The van der Waals surface area contributed by atoms with Crippen LogP contribution in [0.3, 0.4) is 0 Å². The van der Waals surface area contributed by atoms with Gasteiger partial charge in [-0.25, -0.2) is 0 Å². The van der Waals surface area contributed by atoms with Crippen LogP contribution in [0.4, 0.5) is 5.69 Å². The number of rotatable bonds is 4. The van der Waals surface area contributed by atoms with E-state index in [0.717, 1.165) is 38.7 Å². The smallest absolute Gasteiger partial charge is 0.231 e. The molecule has 1 fully saturated rings. The Balaban J connectivity index is 1.45. The second kappa shape index (κ2) is 8.45. The van der Waals surface area contributed by atoms with E-state index in [1.54, 1.807) is 6.20 Å². The number of benzene rings is 2. The predicted molar refractivity (Wildman–Crippen MR) is 137 cm³/mol. The van der Waals surface area contributed by atoms with E-state index in [-0.39, 0.29) is 18.9 Å². The molecule has 1 saturated heterocycles. The largest absolute Gasteiger partial charge is 0.459 e. The van der Waals surface area contributed by atoms with E-state index >= 15 is 0 Å². The molecule has 0 saturated carbocycles. The van der Waals surface area contributed by atoms with Gasteiger partial charge in [-0.3, -0.25) is 4.98 Å². The van der Waals surface area contributed by atoms with Crippen LogP contribution in [0.15, 0.2) is 81.8 Å². The van der Waals surface area contributed by atoms with E-state index < -0.39 is 0 Å². The number of hydrogen-bond donors (Lipinski definition) is 1. The third kappa shape index (κ3) is 3.63. The molecule has 0 radical (unpaired) electrons. The fraction of sp³-hybridized carbons (Fsp3) is 0.154. The highest BCUT2D eigenvalue weighted by Crippen LogP contribution is 2.45. The summed E-state index contributed by atoms with van der Waals surface area (Å²) in [6, 6.07) is 21.5. The maximum Gasteiger partial charge on any atom is 0.231 e. The zero-order valence-corrected chi connectivity index (χ0v) is 20.6. The Labute approximate surface area is 210 Å². The molecular formula is C26H20BrN3O3S. The van der Waals surface area contributed by atoms with Gasteiger partial charge in [0.15, 0.2) is 16.6 Å². The molecule has 2 aliphatic rings. The van der Waals surface area contributed by atoms with E-state index in [1.165, 1.54) is 5.56 Å². The van der Waals surface area contributed by atoms with Gasteiger partial charge in [0.1, 0.15) is 17.6 Å². The predicted octanol–water partition coefficient (Wildman–Crippen LogP) is 6.32. The fourth-order valence-electron chi connectivity index (χ4n) is 4.43. The van der Waals surface area contributed by atoms with Gasteiger partial charge in [0.2, 0.25) is 6.79 Å². The number of hydrogen-bond acceptors (Lipinski definition) is 5. The number of aryl methyl sites for hydroxylation is 1. The standard InChI is InChI=1S/C26H20BrN3O3S/c1-15-5-7-17(18(27)12-15)20-9-10-22(33-20)25-24(19-4-2-3-11-28-19)29-26(34)30(25)16-6-8-21-23(13-16)32-14-31-21/h2-13,24-25H,14H2,1H3,(H,29,34)/t24-,25+/m1/s1. The van der Waals surface area contributed by atoms with Crippen LogP contribution >= 0.6 is 28.1 Å². The molecular weight excluding hydrogens is 514 g/mol. The van der Waals surface area contributed by atoms with E-state index in [4.69, 9.17) is 26.1 Å². The topological polar surface area (TPSA) is 59.8 Å². The maximum absolute atomic E-state index is 6.46. The van der Waals surface area contributed by atoms with Gasteiger partial charge in [0.25, 0.3) is 0 Å². The van der Waals surface area contributed by atoms with Crippen LogP contribution in [-0.4, -0.2) is 16.9 Å². The Morgan fingerprint density at radius 2 is 1.91 bits per heavy atom. The van der Waals surface area contributed by atoms with Crippen molar-refractivity contribution >= 4 is 38.9 Å². The average molecular weight is 534 g/mol. The third-order valence-corrected chi connectivity index (χ3v) is 7.01. The molecule has 0 spiro atoms. The van der Waals surface area contributed by atoms with E-state index in [2.05, 4.69) is 56.3 Å². The highest BCUT2D eigenvalue weighted by molar-refractivity contribution is 9.10. The SMILES string of the molecule is Cc1ccc(-c2ccc([C@H]3[C@@H](c4ccccn4)NC(=S)N3c3ccc4c(c3)OCO4)o2)c(Br)c1. The quantitative estimate of drug-likeness (QED) is 0.308. The highest BCUT2D eigenvalue weighted by Gasteiger charge is 2.43. The normalized spacial score (nSPS) is 18.9. The van der Waals surface area contributed by atoms with Crippen molar-refractivity contribution in [3.05, 3.63) is 94.4 Å². The van der Waals surface area contributed by atoms with E-state index in [1.807, 2.05) is 48.5 Å². The van der Waals surface area contributed by atoms with Crippen molar-refractivity contribution in [3.63, 3.8) is 0 Å². The van der Waals surface area contributed by atoms with Crippen molar-refractivity contribution in [3.8, 4) is 22.8 Å². The molecule has 34 heavy (non-hydrogen) atoms. The fourth-order valence-corrected chi connectivity index (χ4v) is 5.47. The summed E-state index contributed by atoms with van der Waals surface area (Å²) in [5.41, 5.74) is 3.94. The Morgan fingerprint density at radius 3 is 2.74 bits per heavy atom. The van der Waals surface area contributed by atoms with Crippen LogP contribution in [0.5, 0.6) is 11.5 Å². The monoisotopic (exact) mass is 533 g/mol. The van der Waals surface area contributed by atoms with Crippen molar-refractivity contribution in [1.29, 1.82) is 0 Å². The number of fused-ring (bicyclic) bond motifs is 1. The number of ether oxygens (including phenoxy) is 2. The molecule has 1 N–H and O–H groups in total. The molecule has 4 aromatic rings. The van der Waals surface area contributed by atoms with E-state index in [9.17, 15) is 0 Å². The second-order valence-electron chi connectivity index (χ2n) is 8.22. The summed E-state index contributed by atoms with van der Waals surface area (Å²) < 4.78 is 18.6. The molecule has 6 rings (SSSR count). The zero-order chi connectivity index (χ0) is 23.2. The Kier molecular flexibility index (Phi) is 5.27. The molecule has 0 bridgehead atoms. The number of anilines is 1. The number of thiocarbonyl (C=S) groups is 1. The van der Waals surface area contributed by atoms with Crippen molar-refractivity contribution in [2.75, 3.05) is 11.7 Å². The summed E-state index contributed by atoms with van der Waals surface area (Å²) in [5, 5.41) is 4.05. The molecule has 8 heteroatoms. The van der Waals surface area contributed by atoms with Crippen molar-refractivity contribution < 1.29 is 13.9 Å². The maximum atomic E-state index is 6.46. The minimum Gasteiger partial charge on any atom is -0.459 e. The summed E-state index contributed by atoms with van der Waals surface area (Å²) in [4.78, 5) is 6.66. The number of furan rings is 1. The van der Waals surface area contributed by atoms with Gasteiger partial charge in [-0.2, -0.15) is 0 Å². The van der Waals surface area contributed by atoms with Gasteiger partial charge < -0.3 is 24.1 Å². The number of pyridine rings is 1. The lowest BCUT2D eigenvalue weighted by atomic mass is 10.0. The molecule has 0 unspecified atom stereocenters. The first-order chi connectivity index (χ1) is 16.6. The lowest BCUT2D eigenvalue weighted by Gasteiger charge is -2.26. The Bertz CT molecular complexity index is 1390. The summed E-state index contributed by atoms with van der Waals surface area (Å²) in [7, 11) is 0. The second-order valence-corrected chi connectivity index (χ2v) is 9.46. The minimum atomic E-state index is -0.249. The van der Waals surface area contributed by atoms with Crippen LogP contribution < -0.4 is 19.7 Å². The first kappa shape index (κ1) is 21.2. The first-order valence-corrected chi connectivity index (χ1v) is 12.1. The van der Waals surface area contributed by atoms with E-state index in [0.29, 0.717) is 10.9 Å². The molecule has 4 heterocycles. The third-order valence-electron chi connectivity index (χ3n) is 6.04. The molecule has 0 amide bonds. The van der Waals surface area contributed by atoms with Crippen LogP contribution in [0.1, 0.15) is 29.1 Å². The molecule has 0 aliphatic carbocycles. The van der Waals surface area contributed by atoms with Gasteiger partial charge in [-0.1, -0.05) is 28.1 Å². The number of halogens is 1. The molecule has 2 atom stereocenters. The van der Waals surface area contributed by atoms with Crippen LogP contribution in [0.25, 0.3) is 11.3 Å². The molecule has 2 aliphatic heterocycles. The van der Waals surface area contributed by atoms with Crippen molar-refractivity contribution in [2.24, 2.45) is 0 Å². The average Bonchev–Trinajstić information content (AvgIpc) is 3.57.